The van der Waals surface area contributed by atoms with Crippen LogP contribution in [-0.2, 0) is 0 Å². The van der Waals surface area contributed by atoms with E-state index in [0.717, 1.165) is 10.0 Å². The van der Waals surface area contributed by atoms with Crippen molar-refractivity contribution in [2.24, 2.45) is 0 Å². The fraction of sp³-hybridized carbons (Fsp3) is 0.182. The lowest BCUT2D eigenvalue weighted by atomic mass is 10.2. The van der Waals surface area contributed by atoms with Crippen LogP contribution in [0.15, 0.2) is 16.7 Å². The lowest BCUT2D eigenvalue weighted by Gasteiger charge is -2.05. The molecule has 0 saturated heterocycles. The smallest absolute Gasteiger partial charge is 0.279 e. The van der Waals surface area contributed by atoms with E-state index >= 15 is 0 Å². The van der Waals surface area contributed by atoms with Crippen molar-refractivity contribution < 1.29 is 4.79 Å². The van der Waals surface area contributed by atoms with Crippen LogP contribution in [0.5, 0.6) is 0 Å². The number of hydrogen-bond acceptors (Lipinski definition) is 4. The van der Waals surface area contributed by atoms with Gasteiger partial charge in [-0.25, -0.2) is 4.98 Å². The molecule has 0 spiro atoms. The third-order valence-corrected chi connectivity index (χ3v) is 3.33. The van der Waals surface area contributed by atoms with Crippen molar-refractivity contribution in [1.29, 1.82) is 0 Å². The normalized spacial score (nSPS) is 10.4. The van der Waals surface area contributed by atoms with E-state index in [1.165, 1.54) is 0 Å². The quantitative estimate of drug-likeness (QED) is 0.790. The number of nitrogens with two attached hydrogens (primary N) is 1. The Hall–Kier alpha value is -1.89. The number of anilines is 2. The molecule has 0 aromatic carbocycles. The fourth-order valence-corrected chi connectivity index (χ4v) is 1.61. The van der Waals surface area contributed by atoms with Crippen LogP contribution >= 0.6 is 15.9 Å². The topological polar surface area (TPSA) is 96.7 Å². The van der Waals surface area contributed by atoms with Gasteiger partial charge in [0.25, 0.3) is 5.91 Å². The lowest BCUT2D eigenvalue weighted by Crippen LogP contribution is -2.15. The molecule has 6 nitrogen and oxygen atoms in total. The number of aryl methyl sites for hydroxylation is 2. The van der Waals surface area contributed by atoms with Gasteiger partial charge < -0.3 is 11.1 Å². The predicted molar refractivity (Wildman–Crippen MR) is 72.4 cm³/mol. The van der Waals surface area contributed by atoms with Crippen LogP contribution in [0, 0.1) is 13.8 Å². The summed E-state index contributed by atoms with van der Waals surface area (Å²) < 4.78 is 0.885. The number of pyridine rings is 1. The third kappa shape index (κ3) is 2.35. The summed E-state index contributed by atoms with van der Waals surface area (Å²) in [5.74, 6) is 0.0758. The van der Waals surface area contributed by atoms with Crippen LogP contribution in [-0.4, -0.2) is 21.1 Å². The molecule has 0 aliphatic rings. The van der Waals surface area contributed by atoms with E-state index in [1.54, 1.807) is 19.2 Å². The Bertz CT molecular complexity index is 607. The van der Waals surface area contributed by atoms with Gasteiger partial charge in [0, 0.05) is 10.7 Å². The SMILES string of the molecule is Cc1cc(NC(=O)c2n[nH]c(C)c2N)ncc1Br. The predicted octanol–water partition coefficient (Wildman–Crippen LogP) is 2.02. The molecule has 2 rings (SSSR count). The molecule has 7 heteroatoms. The maximum absolute atomic E-state index is 11.9. The van der Waals surface area contributed by atoms with E-state index in [-0.39, 0.29) is 11.6 Å². The number of aromatic nitrogens is 3. The van der Waals surface area contributed by atoms with E-state index in [1.807, 2.05) is 6.92 Å². The molecule has 0 radical (unpaired) electrons. The lowest BCUT2D eigenvalue weighted by molar-refractivity contribution is 0.102. The van der Waals surface area contributed by atoms with Crippen LogP contribution in [0.1, 0.15) is 21.7 Å². The Morgan fingerprint density at radius 2 is 2.22 bits per heavy atom. The zero-order valence-electron chi connectivity index (χ0n) is 9.91. The van der Waals surface area contributed by atoms with E-state index < -0.39 is 0 Å². The minimum Gasteiger partial charge on any atom is -0.395 e. The molecule has 0 unspecified atom stereocenters. The largest absolute Gasteiger partial charge is 0.395 e. The maximum atomic E-state index is 11.9. The zero-order chi connectivity index (χ0) is 13.3. The van der Waals surface area contributed by atoms with Gasteiger partial charge >= 0.3 is 0 Å². The van der Waals surface area contributed by atoms with Gasteiger partial charge in [-0.15, -0.1) is 0 Å². The number of aromatic amines is 1. The Kier molecular flexibility index (Phi) is 3.33. The monoisotopic (exact) mass is 309 g/mol. The highest BCUT2D eigenvalue weighted by Gasteiger charge is 2.15. The summed E-state index contributed by atoms with van der Waals surface area (Å²) in [6.07, 6.45) is 1.63. The van der Waals surface area contributed by atoms with Gasteiger partial charge in [0.15, 0.2) is 5.69 Å². The summed E-state index contributed by atoms with van der Waals surface area (Å²) in [4.78, 5) is 16.0. The summed E-state index contributed by atoms with van der Waals surface area (Å²) in [6, 6.07) is 1.76. The Labute approximate surface area is 112 Å². The molecule has 18 heavy (non-hydrogen) atoms. The number of rotatable bonds is 2. The van der Waals surface area contributed by atoms with Gasteiger partial charge in [-0.1, -0.05) is 0 Å². The molecular formula is C11H12BrN5O. The van der Waals surface area contributed by atoms with Gasteiger partial charge in [-0.05, 0) is 41.4 Å². The number of carbonyl (C=O) groups is 1. The van der Waals surface area contributed by atoms with E-state index in [0.29, 0.717) is 17.2 Å². The molecule has 2 aromatic rings. The number of carbonyl (C=O) groups excluding carboxylic acids is 1. The summed E-state index contributed by atoms with van der Waals surface area (Å²) in [6.45, 7) is 3.66. The molecule has 1 amide bonds. The average Bonchev–Trinajstić information content (AvgIpc) is 2.65. The highest BCUT2D eigenvalue weighted by Crippen LogP contribution is 2.18. The molecule has 2 heterocycles. The molecule has 0 bridgehead atoms. The zero-order valence-corrected chi connectivity index (χ0v) is 11.5. The Balaban J connectivity index is 2.21. The first-order valence-corrected chi connectivity index (χ1v) is 6.02. The molecule has 94 valence electrons. The highest BCUT2D eigenvalue weighted by atomic mass is 79.9. The van der Waals surface area contributed by atoms with Crippen molar-refractivity contribution in [3.05, 3.63) is 33.7 Å². The molecule has 2 aromatic heterocycles. The van der Waals surface area contributed by atoms with Crippen molar-refractivity contribution in [3.63, 3.8) is 0 Å². The average molecular weight is 310 g/mol. The number of H-pyrrole nitrogens is 1. The van der Waals surface area contributed by atoms with Gasteiger partial charge in [0.1, 0.15) is 5.82 Å². The van der Waals surface area contributed by atoms with Crippen molar-refractivity contribution >= 4 is 33.3 Å². The van der Waals surface area contributed by atoms with E-state index in [2.05, 4.69) is 36.4 Å². The first-order chi connectivity index (χ1) is 8.49. The van der Waals surface area contributed by atoms with Crippen LogP contribution in [0.2, 0.25) is 0 Å². The Morgan fingerprint density at radius 3 is 2.78 bits per heavy atom. The summed E-state index contributed by atoms with van der Waals surface area (Å²) >= 11 is 3.34. The van der Waals surface area contributed by atoms with Crippen molar-refractivity contribution in [1.82, 2.24) is 15.2 Å². The number of halogens is 1. The van der Waals surface area contributed by atoms with Gasteiger partial charge in [0.2, 0.25) is 0 Å². The molecule has 0 atom stereocenters. The second kappa shape index (κ2) is 4.77. The van der Waals surface area contributed by atoms with Gasteiger partial charge in [0.05, 0.1) is 11.4 Å². The maximum Gasteiger partial charge on any atom is 0.279 e. The van der Waals surface area contributed by atoms with Crippen molar-refractivity contribution in [3.8, 4) is 0 Å². The fourth-order valence-electron chi connectivity index (χ4n) is 1.39. The van der Waals surface area contributed by atoms with Gasteiger partial charge in [-0.2, -0.15) is 5.10 Å². The molecule has 0 aliphatic heterocycles. The molecule has 4 N–H and O–H groups in total. The highest BCUT2D eigenvalue weighted by molar-refractivity contribution is 9.10. The number of nitrogens with one attached hydrogen (secondary N) is 2. The molecular weight excluding hydrogens is 298 g/mol. The summed E-state index contributed by atoms with van der Waals surface area (Å²) in [5, 5.41) is 9.16. The second-order valence-electron chi connectivity index (χ2n) is 3.88. The number of nitrogens with zero attached hydrogens (tertiary/aromatic N) is 2. The van der Waals surface area contributed by atoms with Crippen LogP contribution in [0.3, 0.4) is 0 Å². The van der Waals surface area contributed by atoms with Crippen LogP contribution in [0.25, 0.3) is 0 Å². The summed E-state index contributed by atoms with van der Waals surface area (Å²) in [7, 11) is 0. The first kappa shape index (κ1) is 12.6. The summed E-state index contributed by atoms with van der Waals surface area (Å²) in [5.41, 5.74) is 7.90. The minimum absolute atomic E-state index is 0.176. The first-order valence-electron chi connectivity index (χ1n) is 5.23. The number of nitrogen functional groups attached to an aromatic ring is 1. The van der Waals surface area contributed by atoms with E-state index in [4.69, 9.17) is 5.73 Å². The minimum atomic E-state index is -0.383. The molecule has 0 fully saturated rings. The number of hydrogen-bond donors (Lipinski definition) is 3. The van der Waals surface area contributed by atoms with E-state index in [9.17, 15) is 4.79 Å². The van der Waals surface area contributed by atoms with Crippen molar-refractivity contribution in [2.45, 2.75) is 13.8 Å². The van der Waals surface area contributed by atoms with Crippen LogP contribution < -0.4 is 11.1 Å². The third-order valence-electron chi connectivity index (χ3n) is 2.50. The molecule has 0 aliphatic carbocycles. The number of amides is 1. The Morgan fingerprint density at radius 1 is 1.50 bits per heavy atom. The van der Waals surface area contributed by atoms with Crippen molar-refractivity contribution in [2.75, 3.05) is 11.1 Å². The second-order valence-corrected chi connectivity index (χ2v) is 4.74. The molecule has 0 saturated carbocycles. The standard InChI is InChI=1S/C11H12BrN5O/c1-5-3-8(14-4-7(5)12)15-11(18)10-9(13)6(2)16-17-10/h3-4H,13H2,1-2H3,(H,16,17)(H,14,15,18). The van der Waals surface area contributed by atoms with Gasteiger partial charge in [-0.3, -0.25) is 9.89 Å². The van der Waals surface area contributed by atoms with Crippen LogP contribution in [0.4, 0.5) is 11.5 Å².